The molecule has 1 amide bonds. The van der Waals surface area contributed by atoms with Crippen molar-refractivity contribution in [1.82, 2.24) is 15.2 Å². The van der Waals surface area contributed by atoms with Gasteiger partial charge >= 0.3 is 6.18 Å². The van der Waals surface area contributed by atoms with Crippen molar-refractivity contribution in [3.8, 4) is 0 Å². The molecule has 9 heteroatoms. The van der Waals surface area contributed by atoms with Gasteiger partial charge < -0.3 is 10.2 Å². The zero-order chi connectivity index (χ0) is 28.3. The number of allylic oxidation sites excluding steroid dienone is 3. The molecule has 0 aromatic carbocycles. The van der Waals surface area contributed by atoms with Gasteiger partial charge in [0.25, 0.3) is 5.91 Å². The Hall–Kier alpha value is -3.46. The number of nitrogens with zero attached hydrogens (tertiary/aromatic N) is 4. The van der Waals surface area contributed by atoms with Crippen LogP contribution in [0.5, 0.6) is 0 Å². The minimum Gasteiger partial charge on any atom is -0.316 e. The molecule has 1 saturated carbocycles. The Bertz CT molecular complexity index is 1230. The maximum Gasteiger partial charge on any atom is 0.411 e. The number of nitrogens with one attached hydrogen (secondary N) is 1. The smallest absolute Gasteiger partial charge is 0.316 e. The van der Waals surface area contributed by atoms with Crippen molar-refractivity contribution in [3.63, 3.8) is 0 Å². The van der Waals surface area contributed by atoms with E-state index >= 15 is 0 Å². The molecule has 0 saturated heterocycles. The van der Waals surface area contributed by atoms with Gasteiger partial charge in [0.15, 0.2) is 5.84 Å². The number of alkyl halides is 3. The third-order valence-electron chi connectivity index (χ3n) is 7.11. The molecule has 0 atom stereocenters. The standard InChI is InChI=1S/C29H36F3N5O/c1-8-21(16-29(30,31)32)36(9-2)26(34-7)24-11-10-12-25(35-24)37-18-23(19(3)17-33-6)22(27(37)38)15-20(4)28(5)13-14-28/h9-12,15-16,33H,2-3,8,13-14,17-18H2,1,4-7H3/b20-15+,21-16+,34-26?. The van der Waals surface area contributed by atoms with Crippen LogP contribution < -0.4 is 10.2 Å². The van der Waals surface area contributed by atoms with Gasteiger partial charge in [-0.1, -0.05) is 38.6 Å². The third kappa shape index (κ3) is 6.32. The number of anilines is 1. The van der Waals surface area contributed by atoms with Gasteiger partial charge in [-0.2, -0.15) is 13.2 Å². The van der Waals surface area contributed by atoms with E-state index < -0.39 is 6.18 Å². The minimum absolute atomic E-state index is 0.0265. The Morgan fingerprint density at radius 2 is 2.03 bits per heavy atom. The van der Waals surface area contributed by atoms with Crippen molar-refractivity contribution in [2.45, 2.75) is 46.2 Å². The molecule has 1 aliphatic heterocycles. The van der Waals surface area contributed by atoms with Crippen LogP contribution in [0.1, 0.15) is 45.7 Å². The van der Waals surface area contributed by atoms with E-state index in [4.69, 9.17) is 0 Å². The van der Waals surface area contributed by atoms with Crippen LogP contribution in [0.25, 0.3) is 0 Å². The summed E-state index contributed by atoms with van der Waals surface area (Å²) in [7, 11) is 3.31. The van der Waals surface area contributed by atoms with Crippen molar-refractivity contribution in [3.05, 3.63) is 83.4 Å². The molecule has 3 rings (SSSR count). The SMILES string of the molecule is C=CN(C(=NC)c1cccc(N2CC(C(=C)CNC)=C(/C=C(\C)C3(C)CC3)C2=O)n1)/C(=C/C(F)(F)F)CC. The maximum atomic E-state index is 13.7. The number of carbonyl (C=O) groups is 1. The summed E-state index contributed by atoms with van der Waals surface area (Å²) in [5.74, 6) is 0.382. The average Bonchev–Trinajstić information content (AvgIpc) is 3.54. The van der Waals surface area contributed by atoms with E-state index in [2.05, 4.69) is 42.3 Å². The highest BCUT2D eigenvalue weighted by molar-refractivity contribution is 6.12. The molecule has 204 valence electrons. The van der Waals surface area contributed by atoms with E-state index in [1.807, 2.05) is 13.1 Å². The van der Waals surface area contributed by atoms with Crippen molar-refractivity contribution >= 4 is 17.6 Å². The molecule has 0 radical (unpaired) electrons. The first-order chi connectivity index (χ1) is 17.9. The minimum atomic E-state index is -4.50. The fraction of sp³-hybridized carbons (Fsp3) is 0.414. The van der Waals surface area contributed by atoms with Gasteiger partial charge in [0.2, 0.25) is 0 Å². The largest absolute Gasteiger partial charge is 0.411 e. The number of amidine groups is 1. The molecular weight excluding hydrogens is 491 g/mol. The van der Waals surface area contributed by atoms with Gasteiger partial charge in [-0.3, -0.25) is 14.7 Å². The van der Waals surface area contributed by atoms with E-state index in [1.54, 1.807) is 30.0 Å². The van der Waals surface area contributed by atoms with Crippen LogP contribution in [0.15, 0.2) is 82.7 Å². The molecule has 0 spiro atoms. The van der Waals surface area contributed by atoms with Gasteiger partial charge in [-0.25, -0.2) is 4.98 Å². The van der Waals surface area contributed by atoms with Crippen molar-refractivity contribution in [1.29, 1.82) is 0 Å². The van der Waals surface area contributed by atoms with E-state index in [-0.39, 0.29) is 35.4 Å². The summed E-state index contributed by atoms with van der Waals surface area (Å²) in [5, 5.41) is 3.10. The first kappa shape index (κ1) is 29.1. The second kappa shape index (κ2) is 11.5. The van der Waals surface area contributed by atoms with Crippen LogP contribution in [-0.4, -0.2) is 55.0 Å². The number of hydrogen-bond acceptors (Lipinski definition) is 4. The highest BCUT2D eigenvalue weighted by Gasteiger charge is 2.40. The number of hydrogen-bond donors (Lipinski definition) is 1. The molecule has 1 fully saturated rings. The number of pyridine rings is 1. The fourth-order valence-corrected chi connectivity index (χ4v) is 4.43. The Morgan fingerprint density at radius 1 is 1.34 bits per heavy atom. The molecule has 38 heavy (non-hydrogen) atoms. The van der Waals surface area contributed by atoms with Gasteiger partial charge in [0.1, 0.15) is 11.5 Å². The van der Waals surface area contributed by atoms with Crippen LogP contribution in [0, 0.1) is 5.41 Å². The molecule has 2 aliphatic rings. The molecule has 6 nitrogen and oxygen atoms in total. The van der Waals surface area contributed by atoms with Gasteiger partial charge in [0, 0.05) is 37.1 Å². The summed E-state index contributed by atoms with van der Waals surface area (Å²) >= 11 is 0. The summed E-state index contributed by atoms with van der Waals surface area (Å²) in [6.45, 7) is 14.6. The van der Waals surface area contributed by atoms with Crippen LogP contribution in [0.3, 0.4) is 0 Å². The zero-order valence-corrected chi connectivity index (χ0v) is 22.7. The highest BCUT2D eigenvalue weighted by atomic mass is 19.4. The fourth-order valence-electron chi connectivity index (χ4n) is 4.43. The van der Waals surface area contributed by atoms with Crippen molar-refractivity contribution in [2.75, 3.05) is 32.1 Å². The molecule has 1 aromatic rings. The Kier molecular flexibility index (Phi) is 8.82. The van der Waals surface area contributed by atoms with E-state index in [9.17, 15) is 18.0 Å². The van der Waals surface area contributed by atoms with Crippen LogP contribution in [0.2, 0.25) is 0 Å². The van der Waals surface area contributed by atoms with Crippen molar-refractivity contribution in [2.24, 2.45) is 10.4 Å². The van der Waals surface area contributed by atoms with Crippen LogP contribution in [-0.2, 0) is 4.79 Å². The number of halogens is 3. The molecular formula is C29H36F3N5O. The molecule has 2 heterocycles. The Morgan fingerprint density at radius 3 is 2.55 bits per heavy atom. The number of likely N-dealkylation sites (N-methyl/N-ethyl adjacent to an activating group) is 1. The molecule has 1 N–H and O–H groups in total. The summed E-state index contributed by atoms with van der Waals surface area (Å²) in [5.41, 5.74) is 3.83. The summed E-state index contributed by atoms with van der Waals surface area (Å²) in [6.07, 6.45) is 1.28. The second-order valence-electron chi connectivity index (χ2n) is 9.82. The summed E-state index contributed by atoms with van der Waals surface area (Å²) < 4.78 is 39.5. The van der Waals surface area contributed by atoms with E-state index in [0.717, 1.165) is 29.6 Å². The Labute approximate surface area is 223 Å². The van der Waals surface area contributed by atoms with Gasteiger partial charge in [-0.05, 0) is 68.0 Å². The average molecular weight is 528 g/mol. The normalized spacial score (nSPS) is 18.3. The van der Waals surface area contributed by atoms with Gasteiger partial charge in [0.05, 0.1) is 6.54 Å². The topological polar surface area (TPSA) is 60.8 Å². The summed E-state index contributed by atoms with van der Waals surface area (Å²) in [4.78, 5) is 25.4. The number of aromatic nitrogens is 1. The van der Waals surface area contributed by atoms with E-state index in [1.165, 1.54) is 18.1 Å². The number of rotatable bonds is 10. The number of aliphatic imine (C=N–C) groups is 1. The zero-order valence-electron chi connectivity index (χ0n) is 22.7. The first-order valence-electron chi connectivity index (χ1n) is 12.6. The summed E-state index contributed by atoms with van der Waals surface area (Å²) in [6, 6.07) is 5.07. The van der Waals surface area contributed by atoms with Crippen LogP contribution in [0.4, 0.5) is 19.0 Å². The molecule has 1 aliphatic carbocycles. The monoisotopic (exact) mass is 527 g/mol. The third-order valence-corrected chi connectivity index (χ3v) is 7.11. The lowest BCUT2D eigenvalue weighted by Crippen LogP contribution is -2.31. The van der Waals surface area contributed by atoms with Crippen molar-refractivity contribution < 1.29 is 18.0 Å². The lowest BCUT2D eigenvalue weighted by Gasteiger charge is -2.25. The van der Waals surface area contributed by atoms with Gasteiger partial charge in [-0.15, -0.1) is 0 Å². The molecule has 0 bridgehead atoms. The Balaban J connectivity index is 2.00. The highest BCUT2D eigenvalue weighted by Crippen LogP contribution is 2.51. The molecule has 1 aromatic heterocycles. The number of carbonyl (C=O) groups excluding carboxylic acids is 1. The lowest BCUT2D eigenvalue weighted by molar-refractivity contribution is -0.114. The predicted molar refractivity (Wildman–Crippen MR) is 147 cm³/mol. The second-order valence-corrected chi connectivity index (χ2v) is 9.82. The maximum absolute atomic E-state index is 13.7. The van der Waals surface area contributed by atoms with Crippen LogP contribution >= 0.6 is 0 Å². The quantitative estimate of drug-likeness (QED) is 0.303. The molecule has 0 unspecified atom stereocenters. The van der Waals surface area contributed by atoms with E-state index in [0.29, 0.717) is 30.2 Å². The number of amides is 1. The predicted octanol–water partition coefficient (Wildman–Crippen LogP) is 5.92. The first-order valence-corrected chi connectivity index (χ1v) is 12.6. The lowest BCUT2D eigenvalue weighted by atomic mass is 9.95.